The second-order valence-corrected chi connectivity index (χ2v) is 4.79. The molecule has 1 saturated heterocycles. The Morgan fingerprint density at radius 1 is 1.25 bits per heavy atom. The van der Waals surface area contributed by atoms with Crippen LogP contribution >= 0.6 is 0 Å². The van der Waals surface area contributed by atoms with Gasteiger partial charge in [0, 0.05) is 26.1 Å². The van der Waals surface area contributed by atoms with Gasteiger partial charge in [-0.1, -0.05) is 12.1 Å². The Hall–Kier alpha value is -2.37. The zero-order valence-electron chi connectivity index (χ0n) is 11.1. The highest BCUT2D eigenvalue weighted by Crippen LogP contribution is 2.16. The molecular weight excluding hydrogens is 260 g/mol. The second-order valence-electron chi connectivity index (χ2n) is 4.79. The number of amides is 2. The Bertz CT molecular complexity index is 556. The molecule has 1 atom stereocenters. The smallest absolute Gasteiger partial charge is 0.336 e. The third-order valence-electron chi connectivity index (χ3n) is 3.27. The zero-order valence-corrected chi connectivity index (χ0v) is 11.1. The van der Waals surface area contributed by atoms with Gasteiger partial charge in [-0.25, -0.2) is 4.79 Å². The normalized spacial score (nSPS) is 17.9. The van der Waals surface area contributed by atoms with E-state index in [0.717, 1.165) is 0 Å². The number of hydrogen-bond acceptors (Lipinski definition) is 3. The number of carboxylic acid groups (broad SMARTS) is 1. The molecule has 0 aliphatic carbocycles. The topological polar surface area (TPSA) is 86.7 Å². The van der Waals surface area contributed by atoms with Crippen LogP contribution in [0.4, 0.5) is 0 Å². The number of rotatable bonds is 3. The van der Waals surface area contributed by atoms with Gasteiger partial charge in [0.15, 0.2) is 0 Å². The molecule has 0 spiro atoms. The van der Waals surface area contributed by atoms with Crippen molar-refractivity contribution in [2.45, 2.75) is 19.4 Å². The number of carbonyl (C=O) groups is 3. The van der Waals surface area contributed by atoms with Crippen molar-refractivity contribution in [1.29, 1.82) is 0 Å². The molecule has 20 heavy (non-hydrogen) atoms. The lowest BCUT2D eigenvalue weighted by molar-refractivity contribution is -0.119. The van der Waals surface area contributed by atoms with Gasteiger partial charge in [-0.3, -0.25) is 9.59 Å². The van der Waals surface area contributed by atoms with Crippen LogP contribution in [0.1, 0.15) is 34.1 Å². The molecule has 0 radical (unpaired) electrons. The number of hydrogen-bond donors (Lipinski definition) is 2. The molecule has 0 saturated carbocycles. The molecule has 1 fully saturated rings. The fourth-order valence-electron chi connectivity index (χ4n) is 2.38. The summed E-state index contributed by atoms with van der Waals surface area (Å²) in [4.78, 5) is 36.0. The molecule has 2 rings (SSSR count). The van der Waals surface area contributed by atoms with E-state index < -0.39 is 5.97 Å². The van der Waals surface area contributed by atoms with Gasteiger partial charge in [0.1, 0.15) is 0 Å². The predicted octanol–water partition coefficient (Wildman–Crippen LogP) is 0.735. The molecule has 2 N–H and O–H groups in total. The number of nitrogens with zero attached hydrogens (tertiary/aromatic N) is 1. The first-order valence-electron chi connectivity index (χ1n) is 6.37. The lowest BCUT2D eigenvalue weighted by Crippen LogP contribution is -2.37. The summed E-state index contributed by atoms with van der Waals surface area (Å²) in [6.07, 6.45) is 0.681. The number of likely N-dealkylation sites (tertiary alicyclic amines) is 1. The Morgan fingerprint density at radius 2 is 1.90 bits per heavy atom. The molecule has 1 aliphatic rings. The maximum Gasteiger partial charge on any atom is 0.336 e. The summed E-state index contributed by atoms with van der Waals surface area (Å²) in [7, 11) is 0. The van der Waals surface area contributed by atoms with E-state index in [2.05, 4.69) is 5.32 Å². The van der Waals surface area contributed by atoms with Crippen molar-refractivity contribution in [1.82, 2.24) is 10.2 Å². The van der Waals surface area contributed by atoms with Gasteiger partial charge in [0.2, 0.25) is 5.91 Å². The molecule has 1 aromatic rings. The monoisotopic (exact) mass is 276 g/mol. The summed E-state index contributed by atoms with van der Waals surface area (Å²) in [5, 5.41) is 11.9. The van der Waals surface area contributed by atoms with Gasteiger partial charge < -0.3 is 15.3 Å². The first kappa shape index (κ1) is 14.0. The minimum absolute atomic E-state index is 0.000442. The second kappa shape index (κ2) is 5.73. The minimum Gasteiger partial charge on any atom is -0.478 e. The van der Waals surface area contributed by atoms with Crippen molar-refractivity contribution in [2.75, 3.05) is 13.1 Å². The van der Waals surface area contributed by atoms with Gasteiger partial charge in [-0.05, 0) is 18.6 Å². The van der Waals surface area contributed by atoms with Crippen molar-refractivity contribution in [3.8, 4) is 0 Å². The highest BCUT2D eigenvalue weighted by atomic mass is 16.4. The minimum atomic E-state index is -1.12. The predicted molar refractivity (Wildman–Crippen MR) is 71.5 cm³/mol. The lowest BCUT2D eigenvalue weighted by Gasteiger charge is -2.17. The van der Waals surface area contributed by atoms with E-state index in [1.807, 2.05) is 0 Å². The highest BCUT2D eigenvalue weighted by molar-refractivity contribution is 6.04. The van der Waals surface area contributed by atoms with Gasteiger partial charge in [0.05, 0.1) is 11.1 Å². The van der Waals surface area contributed by atoms with Crippen molar-refractivity contribution in [2.24, 2.45) is 0 Å². The summed E-state index contributed by atoms with van der Waals surface area (Å²) < 4.78 is 0. The first-order chi connectivity index (χ1) is 9.49. The van der Waals surface area contributed by atoms with Crippen LogP contribution in [0.3, 0.4) is 0 Å². The number of benzene rings is 1. The number of carboxylic acids is 1. The summed E-state index contributed by atoms with van der Waals surface area (Å²) in [5.41, 5.74) is 0.184. The van der Waals surface area contributed by atoms with Crippen molar-refractivity contribution in [3.05, 3.63) is 35.4 Å². The molecular formula is C14H16N2O4. The summed E-state index contributed by atoms with van der Waals surface area (Å²) in [5.74, 6) is -1.56. The van der Waals surface area contributed by atoms with E-state index in [4.69, 9.17) is 5.11 Å². The Balaban J connectivity index is 2.13. The van der Waals surface area contributed by atoms with Crippen LogP contribution in [0.2, 0.25) is 0 Å². The number of carbonyl (C=O) groups excluding carboxylic acids is 2. The Kier molecular flexibility index (Phi) is 4.02. The van der Waals surface area contributed by atoms with Crippen LogP contribution in [0.5, 0.6) is 0 Å². The standard InChI is InChI=1S/C14H16N2O4/c1-9(17)15-10-6-7-16(8-10)13(18)11-4-2-3-5-12(11)14(19)20/h2-5,10H,6-8H2,1H3,(H,15,17)(H,19,20). The van der Waals surface area contributed by atoms with Gasteiger partial charge >= 0.3 is 5.97 Å². The van der Waals surface area contributed by atoms with E-state index in [-0.39, 0.29) is 29.0 Å². The summed E-state index contributed by atoms with van der Waals surface area (Å²) >= 11 is 0. The summed E-state index contributed by atoms with van der Waals surface area (Å²) in [6.45, 7) is 2.36. The molecule has 0 aromatic heterocycles. The van der Waals surface area contributed by atoms with Gasteiger partial charge in [-0.2, -0.15) is 0 Å². The van der Waals surface area contributed by atoms with E-state index in [9.17, 15) is 14.4 Å². The van der Waals surface area contributed by atoms with Crippen LogP contribution in [-0.2, 0) is 4.79 Å². The molecule has 106 valence electrons. The molecule has 0 bridgehead atoms. The maximum absolute atomic E-state index is 12.4. The highest BCUT2D eigenvalue weighted by Gasteiger charge is 2.29. The van der Waals surface area contributed by atoms with Crippen LogP contribution in [0.15, 0.2) is 24.3 Å². The average Bonchev–Trinajstić information content (AvgIpc) is 2.85. The van der Waals surface area contributed by atoms with E-state index in [1.165, 1.54) is 19.1 Å². The molecule has 1 aromatic carbocycles. The van der Waals surface area contributed by atoms with E-state index in [1.54, 1.807) is 17.0 Å². The molecule has 6 heteroatoms. The average molecular weight is 276 g/mol. The van der Waals surface area contributed by atoms with Gasteiger partial charge in [-0.15, -0.1) is 0 Å². The third-order valence-corrected chi connectivity index (χ3v) is 3.27. The van der Waals surface area contributed by atoms with Crippen LogP contribution in [0, 0.1) is 0 Å². The Labute approximate surface area is 116 Å². The summed E-state index contributed by atoms with van der Waals surface area (Å²) in [6, 6.07) is 6.09. The lowest BCUT2D eigenvalue weighted by atomic mass is 10.1. The molecule has 1 aliphatic heterocycles. The van der Waals surface area contributed by atoms with E-state index in [0.29, 0.717) is 19.5 Å². The molecule has 2 amide bonds. The van der Waals surface area contributed by atoms with Crippen LogP contribution in [-0.4, -0.2) is 46.9 Å². The first-order valence-corrected chi connectivity index (χ1v) is 6.37. The molecule has 1 unspecified atom stereocenters. The molecule has 1 heterocycles. The van der Waals surface area contributed by atoms with E-state index >= 15 is 0 Å². The quantitative estimate of drug-likeness (QED) is 0.852. The number of nitrogens with one attached hydrogen (secondary N) is 1. The number of aromatic carboxylic acids is 1. The van der Waals surface area contributed by atoms with Crippen molar-refractivity contribution < 1.29 is 19.5 Å². The SMILES string of the molecule is CC(=O)NC1CCN(C(=O)c2ccccc2C(=O)O)C1. The largest absolute Gasteiger partial charge is 0.478 e. The maximum atomic E-state index is 12.4. The Morgan fingerprint density at radius 3 is 2.50 bits per heavy atom. The fourth-order valence-corrected chi connectivity index (χ4v) is 2.38. The van der Waals surface area contributed by atoms with Crippen molar-refractivity contribution in [3.63, 3.8) is 0 Å². The van der Waals surface area contributed by atoms with Gasteiger partial charge in [0.25, 0.3) is 5.91 Å². The molecule has 6 nitrogen and oxygen atoms in total. The third kappa shape index (κ3) is 2.96. The van der Waals surface area contributed by atoms with Crippen LogP contribution < -0.4 is 5.32 Å². The zero-order chi connectivity index (χ0) is 14.7. The van der Waals surface area contributed by atoms with Crippen molar-refractivity contribution >= 4 is 17.8 Å². The fraction of sp³-hybridized carbons (Fsp3) is 0.357. The van der Waals surface area contributed by atoms with Crippen LogP contribution in [0.25, 0.3) is 0 Å².